The van der Waals surface area contributed by atoms with Crippen LogP contribution in [0.4, 0.5) is 0 Å². The van der Waals surface area contributed by atoms with Crippen molar-refractivity contribution in [2.45, 2.75) is 40.0 Å². The molecule has 2 aromatic carbocycles. The van der Waals surface area contributed by atoms with Crippen molar-refractivity contribution in [3.8, 4) is 5.75 Å². The molecule has 7 heteroatoms. The molecule has 0 saturated carbocycles. The number of benzene rings is 2. The first kappa shape index (κ1) is 21.1. The summed E-state index contributed by atoms with van der Waals surface area (Å²) in [7, 11) is 0. The summed E-state index contributed by atoms with van der Waals surface area (Å²) in [6.45, 7) is 5.92. The van der Waals surface area contributed by atoms with Crippen molar-refractivity contribution < 1.29 is 23.6 Å². The Labute approximate surface area is 175 Å². The zero-order valence-electron chi connectivity index (χ0n) is 17.2. The van der Waals surface area contributed by atoms with Crippen molar-refractivity contribution in [1.82, 2.24) is 10.5 Å². The van der Waals surface area contributed by atoms with Crippen molar-refractivity contribution in [2.24, 2.45) is 0 Å². The maximum absolute atomic E-state index is 12.3. The van der Waals surface area contributed by atoms with Crippen molar-refractivity contribution >= 4 is 11.9 Å². The average Bonchev–Trinajstić information content (AvgIpc) is 3.08. The minimum Gasteiger partial charge on any atom is -0.489 e. The van der Waals surface area contributed by atoms with Gasteiger partial charge in [-0.15, -0.1) is 0 Å². The summed E-state index contributed by atoms with van der Waals surface area (Å²) in [6.07, 6.45) is -0.906. The van der Waals surface area contributed by atoms with E-state index < -0.39 is 12.1 Å². The lowest BCUT2D eigenvalue weighted by molar-refractivity contribution is -0.129. The van der Waals surface area contributed by atoms with Gasteiger partial charge in [0.1, 0.15) is 18.1 Å². The van der Waals surface area contributed by atoms with Crippen LogP contribution < -0.4 is 10.1 Å². The summed E-state index contributed by atoms with van der Waals surface area (Å²) in [4.78, 5) is 24.5. The second kappa shape index (κ2) is 9.73. The van der Waals surface area contributed by atoms with Crippen LogP contribution in [0, 0.1) is 13.8 Å². The summed E-state index contributed by atoms with van der Waals surface area (Å²) in [6, 6.07) is 16.1. The second-order valence-electron chi connectivity index (χ2n) is 6.87. The standard InChI is InChI=1S/C23H24N2O5/c1-15-21(16(2)30-25-15)14-28-20-11-9-19(10-12-20)23(27)29-17(3)22(26)24-13-18-7-5-4-6-8-18/h4-12,17H,13-14H2,1-3H3,(H,24,26)/t17-/m0/s1. The number of rotatable bonds is 8. The number of aryl methyl sites for hydroxylation is 2. The Morgan fingerprint density at radius 3 is 2.40 bits per heavy atom. The number of nitrogens with zero attached hydrogens (tertiary/aromatic N) is 1. The molecule has 1 N–H and O–H groups in total. The number of hydrogen-bond donors (Lipinski definition) is 1. The summed E-state index contributed by atoms with van der Waals surface area (Å²) in [5.74, 6) is 0.383. The minimum atomic E-state index is -0.906. The lowest BCUT2D eigenvalue weighted by Crippen LogP contribution is -2.35. The highest BCUT2D eigenvalue weighted by molar-refractivity contribution is 5.92. The van der Waals surface area contributed by atoms with E-state index in [1.807, 2.05) is 44.2 Å². The molecule has 156 valence electrons. The molecular formula is C23H24N2O5. The molecule has 7 nitrogen and oxygen atoms in total. The van der Waals surface area contributed by atoms with E-state index in [2.05, 4.69) is 10.5 Å². The number of nitrogens with one attached hydrogen (secondary N) is 1. The molecule has 0 aliphatic heterocycles. The maximum atomic E-state index is 12.3. The smallest absolute Gasteiger partial charge is 0.338 e. The summed E-state index contributed by atoms with van der Waals surface area (Å²) in [5, 5.41) is 6.64. The summed E-state index contributed by atoms with van der Waals surface area (Å²) >= 11 is 0. The molecule has 3 rings (SSSR count). The van der Waals surface area contributed by atoms with Gasteiger partial charge in [0.25, 0.3) is 5.91 Å². The number of hydrogen-bond acceptors (Lipinski definition) is 6. The second-order valence-corrected chi connectivity index (χ2v) is 6.87. The highest BCUT2D eigenvalue weighted by Gasteiger charge is 2.19. The first-order valence-electron chi connectivity index (χ1n) is 9.61. The predicted octanol–water partition coefficient (Wildman–Crippen LogP) is 3.73. The highest BCUT2D eigenvalue weighted by atomic mass is 16.5. The van der Waals surface area contributed by atoms with E-state index in [0.29, 0.717) is 30.2 Å². The maximum Gasteiger partial charge on any atom is 0.338 e. The molecule has 1 heterocycles. The molecule has 0 saturated heterocycles. The SMILES string of the molecule is Cc1noc(C)c1COc1ccc(C(=O)O[C@@H](C)C(=O)NCc2ccccc2)cc1. The number of esters is 1. The third kappa shape index (κ3) is 5.47. The normalized spacial score (nSPS) is 11.6. The molecule has 0 unspecified atom stereocenters. The van der Waals surface area contributed by atoms with Crippen LogP contribution in [-0.4, -0.2) is 23.1 Å². The number of carbonyl (C=O) groups is 2. The minimum absolute atomic E-state index is 0.323. The fourth-order valence-corrected chi connectivity index (χ4v) is 2.76. The number of ether oxygens (including phenoxy) is 2. The van der Waals surface area contributed by atoms with E-state index >= 15 is 0 Å². The molecule has 1 amide bonds. The van der Waals surface area contributed by atoms with Gasteiger partial charge in [-0.1, -0.05) is 35.5 Å². The molecule has 3 aromatic rings. The van der Waals surface area contributed by atoms with Crippen LogP contribution >= 0.6 is 0 Å². The molecule has 1 atom stereocenters. The van der Waals surface area contributed by atoms with Gasteiger partial charge in [-0.2, -0.15) is 0 Å². The molecule has 0 fully saturated rings. The van der Waals surface area contributed by atoms with Crippen LogP contribution in [0.25, 0.3) is 0 Å². The Kier molecular flexibility index (Phi) is 6.85. The van der Waals surface area contributed by atoms with E-state index in [-0.39, 0.29) is 5.91 Å². The molecule has 30 heavy (non-hydrogen) atoms. The molecular weight excluding hydrogens is 384 g/mol. The third-order valence-corrected chi connectivity index (χ3v) is 4.62. The van der Waals surface area contributed by atoms with E-state index in [1.54, 1.807) is 31.2 Å². The first-order chi connectivity index (χ1) is 14.4. The van der Waals surface area contributed by atoms with Crippen molar-refractivity contribution in [3.63, 3.8) is 0 Å². The molecule has 0 bridgehead atoms. The first-order valence-corrected chi connectivity index (χ1v) is 9.61. The Morgan fingerprint density at radius 2 is 1.77 bits per heavy atom. The highest BCUT2D eigenvalue weighted by Crippen LogP contribution is 2.18. The molecule has 1 aromatic heterocycles. The Bertz CT molecular complexity index is 977. The van der Waals surface area contributed by atoms with Gasteiger partial charge < -0.3 is 19.3 Å². The van der Waals surface area contributed by atoms with Crippen LogP contribution in [0.1, 0.15) is 39.9 Å². The van der Waals surface area contributed by atoms with Crippen LogP contribution in [0.2, 0.25) is 0 Å². The number of amides is 1. The zero-order chi connectivity index (χ0) is 21.5. The topological polar surface area (TPSA) is 90.7 Å². The van der Waals surface area contributed by atoms with Crippen molar-refractivity contribution in [3.05, 3.63) is 82.7 Å². The average molecular weight is 408 g/mol. The van der Waals surface area contributed by atoms with E-state index in [4.69, 9.17) is 14.0 Å². The Morgan fingerprint density at radius 1 is 1.07 bits per heavy atom. The quantitative estimate of drug-likeness (QED) is 0.571. The van der Waals surface area contributed by atoms with E-state index in [9.17, 15) is 9.59 Å². The predicted molar refractivity (Wildman–Crippen MR) is 110 cm³/mol. The third-order valence-electron chi connectivity index (χ3n) is 4.62. The van der Waals surface area contributed by atoms with Crippen LogP contribution in [0.15, 0.2) is 59.1 Å². The van der Waals surface area contributed by atoms with Crippen LogP contribution in [-0.2, 0) is 22.7 Å². The van der Waals surface area contributed by atoms with Gasteiger partial charge in [-0.25, -0.2) is 4.79 Å². The summed E-state index contributed by atoms with van der Waals surface area (Å²) < 4.78 is 16.1. The largest absolute Gasteiger partial charge is 0.489 e. The fraction of sp³-hybridized carbons (Fsp3) is 0.261. The summed E-state index contributed by atoms with van der Waals surface area (Å²) in [5.41, 5.74) is 2.99. The monoisotopic (exact) mass is 408 g/mol. The van der Waals surface area contributed by atoms with Gasteiger partial charge in [0.05, 0.1) is 16.8 Å². The fourth-order valence-electron chi connectivity index (χ4n) is 2.76. The zero-order valence-corrected chi connectivity index (χ0v) is 17.2. The molecule has 0 radical (unpaired) electrons. The number of aromatic nitrogens is 1. The Hall–Kier alpha value is -3.61. The molecule has 0 aliphatic rings. The van der Waals surface area contributed by atoms with Gasteiger partial charge in [-0.05, 0) is 50.6 Å². The Balaban J connectivity index is 1.49. The lowest BCUT2D eigenvalue weighted by atomic mass is 10.2. The molecule has 0 aliphatic carbocycles. The van der Waals surface area contributed by atoms with Gasteiger partial charge in [0, 0.05) is 6.54 Å². The van der Waals surface area contributed by atoms with Crippen molar-refractivity contribution in [2.75, 3.05) is 0 Å². The van der Waals surface area contributed by atoms with Crippen LogP contribution in [0.3, 0.4) is 0 Å². The van der Waals surface area contributed by atoms with Gasteiger partial charge in [-0.3, -0.25) is 4.79 Å². The molecule has 0 spiro atoms. The lowest BCUT2D eigenvalue weighted by Gasteiger charge is -2.14. The van der Waals surface area contributed by atoms with Gasteiger partial charge >= 0.3 is 5.97 Å². The van der Waals surface area contributed by atoms with E-state index in [0.717, 1.165) is 16.8 Å². The van der Waals surface area contributed by atoms with Gasteiger partial charge in [0.2, 0.25) is 0 Å². The number of carbonyl (C=O) groups excluding carboxylic acids is 2. The van der Waals surface area contributed by atoms with Gasteiger partial charge in [0.15, 0.2) is 6.10 Å². The van der Waals surface area contributed by atoms with Crippen LogP contribution in [0.5, 0.6) is 5.75 Å². The van der Waals surface area contributed by atoms with E-state index in [1.165, 1.54) is 0 Å². The van der Waals surface area contributed by atoms with Crippen molar-refractivity contribution in [1.29, 1.82) is 0 Å².